The lowest BCUT2D eigenvalue weighted by Gasteiger charge is -2.32. The number of carbonyl (C=O) groups is 8. The minimum atomic E-state index is -4.35. The first-order valence-electron chi connectivity index (χ1n) is 43.0. The second-order valence-corrected chi connectivity index (χ2v) is 42.1. The summed E-state index contributed by atoms with van der Waals surface area (Å²) in [6.07, 6.45) is 14.4. The second kappa shape index (κ2) is 35.3. The summed E-state index contributed by atoms with van der Waals surface area (Å²) < 4.78 is 118. The van der Waals surface area contributed by atoms with Crippen molar-refractivity contribution < 1.29 is 92.4 Å². The van der Waals surface area contributed by atoms with E-state index in [-0.39, 0.29) is 126 Å². The number of halogens is 2. The summed E-state index contributed by atoms with van der Waals surface area (Å²) in [7, 11) is -5.55. The molecule has 120 heavy (non-hydrogen) atoms. The van der Waals surface area contributed by atoms with Crippen molar-refractivity contribution in [2.45, 2.75) is 255 Å². The number of rotatable bonds is 20. The van der Waals surface area contributed by atoms with Crippen LogP contribution in [0.2, 0.25) is 0 Å². The molecule has 32 heteroatoms. The largest absolute Gasteiger partial charge is 0.497 e. The van der Waals surface area contributed by atoms with Crippen LogP contribution in [0.3, 0.4) is 0 Å². The number of nitrogens with zero attached hydrogens (tertiary/aromatic N) is 8. The van der Waals surface area contributed by atoms with Gasteiger partial charge in [-0.3, -0.25) is 47.8 Å². The lowest BCUT2D eigenvalue weighted by molar-refractivity contribution is -0.160. The molecule has 2 N–H and O–H groups in total. The van der Waals surface area contributed by atoms with Gasteiger partial charge in [-0.1, -0.05) is 52.0 Å². The molecule has 8 fully saturated rings. The van der Waals surface area contributed by atoms with Gasteiger partial charge in [0, 0.05) is 64.0 Å². The third kappa shape index (κ3) is 19.7. The number of aromatic nitrogens is 4. The normalized spacial score (nSPS) is 30.1. The maximum Gasteiger partial charge on any atom is 0.307 e. The molecule has 14 rings (SSSR count). The zero-order valence-electron chi connectivity index (χ0n) is 71.4. The first kappa shape index (κ1) is 89.1. The molecule has 0 spiro atoms. The molecule has 28 nitrogen and oxygen atoms in total. The topological polar surface area (TPSA) is 349 Å². The molecular formula is C88H120F2N10O18S2. The standard InChI is InChI=1S/2C44H60FN5O9S/c2*1-27-11-7-8-12-29-23-44(29,40(54)48-60(55,56)43(26-45)15-16-43)24-36(51)35-21-31(25-50(35)39(53)33(28(2)19-27)22-37(52)59-42(3,4)5)58-38-32-14-13-30(57-6)20-34(32)46-41(47-38)49-17-9-10-18-49/h2*8,12-14,20,27-29,31,33,35H,7,9-11,15-19,21-26H2,1-6H3,(H,48,54)/b2*12-8-/t27-,28+,29+,31+,33-,35-,44+;27-,28-,29-,31-,33+,35+,44-/m01/s1. The fraction of sp³-hybridized carbons (Fsp3) is 0.682. The van der Waals surface area contributed by atoms with Gasteiger partial charge in [0.1, 0.15) is 57.8 Å². The second-order valence-electron chi connectivity index (χ2n) is 37.9. The van der Waals surface area contributed by atoms with Crippen molar-refractivity contribution in [3.05, 3.63) is 60.7 Å². The Morgan fingerprint density at radius 3 is 1.23 bits per heavy atom. The Morgan fingerprint density at radius 2 is 0.900 bits per heavy atom. The number of benzene rings is 2. The molecule has 656 valence electrons. The molecule has 2 aromatic heterocycles. The Kier molecular flexibility index (Phi) is 26.2. The van der Waals surface area contributed by atoms with Crippen LogP contribution in [0, 0.1) is 58.2 Å². The van der Waals surface area contributed by atoms with Gasteiger partial charge in [0.25, 0.3) is 0 Å². The molecule has 4 saturated heterocycles. The Labute approximate surface area is 703 Å². The Morgan fingerprint density at radius 1 is 0.533 bits per heavy atom. The van der Waals surface area contributed by atoms with Gasteiger partial charge in [-0.15, -0.1) is 0 Å². The molecule has 2 aromatic carbocycles. The third-order valence-electron chi connectivity index (χ3n) is 26.3. The number of carbonyl (C=O) groups excluding carboxylic acids is 8. The SMILES string of the molecule is COc1ccc2c(O[C@@H]3C[C@H]4C(=O)C[C@]5(C(=O)NS(=O)(=O)C6(CF)CC6)C[C@H]5/C=C\CC[C@@H](C)C[C@@H](C)[C@H](CC(=O)OC(C)(C)C)C(=O)N4C3)nc(N3CCCC3)nc2c1.COc1ccc2c(O[C@@H]3C[C@H]4C(=O)C[C@]5(C(=O)NS(=O)(=O)C6(CF)CC6)C[C@H]5/C=C\CC[C@H](C)C[C@@H](C)[C@H](CC(=O)OC(C)(C)C)C(=O)N4C3)nc(N3CCCC3)nc2c1. The third-order valence-corrected chi connectivity index (χ3v) is 30.5. The summed E-state index contributed by atoms with van der Waals surface area (Å²) in [5.74, 6) is -4.21. The number of hydrogen-bond acceptors (Lipinski definition) is 24. The van der Waals surface area contributed by atoms with Crippen molar-refractivity contribution in [2.24, 2.45) is 58.2 Å². The highest BCUT2D eigenvalue weighted by Crippen LogP contribution is 2.60. The van der Waals surface area contributed by atoms with Gasteiger partial charge in [-0.25, -0.2) is 35.6 Å². The van der Waals surface area contributed by atoms with E-state index in [1.807, 2.05) is 62.4 Å². The van der Waals surface area contributed by atoms with Gasteiger partial charge in [-0.2, -0.15) is 9.97 Å². The van der Waals surface area contributed by atoms with Gasteiger partial charge < -0.3 is 48.0 Å². The predicted molar refractivity (Wildman–Crippen MR) is 445 cm³/mol. The lowest BCUT2D eigenvalue weighted by Crippen LogP contribution is -2.48. The van der Waals surface area contributed by atoms with Gasteiger partial charge in [0.05, 0.1) is 96.7 Å². The fourth-order valence-electron chi connectivity index (χ4n) is 18.6. The molecule has 8 heterocycles. The van der Waals surface area contributed by atoms with Crippen LogP contribution in [0.5, 0.6) is 23.3 Å². The monoisotopic (exact) mass is 1710 g/mol. The molecular weight excluding hydrogens is 1590 g/mol. The quantitative estimate of drug-likeness (QED) is 0.0613. The number of sulfonamides is 2. The maximum absolute atomic E-state index is 15.0. The number of ether oxygens (including phenoxy) is 6. The number of esters is 2. The van der Waals surface area contributed by atoms with E-state index in [4.69, 9.17) is 48.4 Å². The first-order valence-corrected chi connectivity index (χ1v) is 46.0. The van der Waals surface area contributed by atoms with Gasteiger partial charge in [0.2, 0.25) is 67.3 Å². The van der Waals surface area contributed by atoms with E-state index in [9.17, 15) is 54.4 Å². The van der Waals surface area contributed by atoms with E-state index >= 15 is 9.59 Å². The summed E-state index contributed by atoms with van der Waals surface area (Å²) in [4.78, 5) is 141. The van der Waals surface area contributed by atoms with E-state index in [2.05, 4.69) is 33.1 Å². The number of Topliss-reactive ketones (excluding diaryl/α,β-unsaturated/α-hetero) is 2. The van der Waals surface area contributed by atoms with Gasteiger partial charge in [-0.05, 0) is 204 Å². The molecule has 10 aliphatic rings. The Hall–Kier alpha value is -8.68. The van der Waals surface area contributed by atoms with Crippen LogP contribution in [0.1, 0.15) is 210 Å². The fourth-order valence-corrected chi connectivity index (χ4v) is 21.5. The molecule has 4 amide bonds. The highest BCUT2D eigenvalue weighted by molar-refractivity contribution is 7.92. The van der Waals surface area contributed by atoms with E-state index in [0.29, 0.717) is 82.6 Å². The minimum Gasteiger partial charge on any atom is -0.497 e. The van der Waals surface area contributed by atoms with Gasteiger partial charge in [0.15, 0.2) is 11.6 Å². The van der Waals surface area contributed by atoms with E-state index in [1.54, 1.807) is 67.9 Å². The number of nitrogens with one attached hydrogen (secondary N) is 2. The van der Waals surface area contributed by atoms with Crippen LogP contribution in [0.4, 0.5) is 20.7 Å². The molecule has 0 bridgehead atoms. The summed E-state index contributed by atoms with van der Waals surface area (Å²) >= 11 is 0. The number of ketones is 2. The van der Waals surface area contributed by atoms with Crippen molar-refractivity contribution >= 4 is 101 Å². The van der Waals surface area contributed by atoms with Crippen molar-refractivity contribution in [2.75, 3.05) is 76.6 Å². The van der Waals surface area contributed by atoms with Crippen LogP contribution in [0.25, 0.3) is 21.8 Å². The van der Waals surface area contributed by atoms with Crippen molar-refractivity contribution in [1.29, 1.82) is 0 Å². The summed E-state index contributed by atoms with van der Waals surface area (Å²) in [5.41, 5.74) is -3.14. The Balaban J connectivity index is 0.000000207. The predicted octanol–water partition coefficient (Wildman–Crippen LogP) is 11.7. The average molecular weight is 1710 g/mol. The van der Waals surface area contributed by atoms with Crippen LogP contribution < -0.4 is 38.2 Å². The first-order chi connectivity index (χ1) is 56.7. The van der Waals surface area contributed by atoms with E-state index < -0.39 is 148 Å². The number of fused-ring (bicyclic) bond motifs is 6. The molecule has 0 radical (unpaired) electrons. The van der Waals surface area contributed by atoms with Crippen LogP contribution >= 0.6 is 0 Å². The highest BCUT2D eigenvalue weighted by atomic mass is 32.2. The number of amides is 4. The number of allylic oxidation sites excluding steroid dienone is 4. The number of alkyl halides is 2. The van der Waals surface area contributed by atoms with Crippen LogP contribution in [-0.2, 0) is 67.9 Å². The zero-order valence-corrected chi connectivity index (χ0v) is 73.0. The molecule has 6 aliphatic heterocycles. The van der Waals surface area contributed by atoms with Gasteiger partial charge >= 0.3 is 11.9 Å². The zero-order chi connectivity index (χ0) is 86.4. The lowest BCUT2D eigenvalue weighted by atomic mass is 9.82. The van der Waals surface area contributed by atoms with E-state index in [1.165, 1.54) is 9.80 Å². The smallest absolute Gasteiger partial charge is 0.307 e. The Bertz CT molecular complexity index is 4560. The highest BCUT2D eigenvalue weighted by Gasteiger charge is 2.66. The van der Waals surface area contributed by atoms with Crippen molar-refractivity contribution in [3.8, 4) is 23.3 Å². The van der Waals surface area contributed by atoms with Crippen LogP contribution in [0.15, 0.2) is 60.7 Å². The number of anilines is 2. The summed E-state index contributed by atoms with van der Waals surface area (Å²) in [6.45, 7) is 19.6. The number of hydrogen-bond donors (Lipinski definition) is 2. The average Bonchev–Trinajstić information content (AvgIpc) is 1.56. The van der Waals surface area contributed by atoms with Crippen LogP contribution in [-0.4, -0.2) is 206 Å². The molecule has 4 aliphatic carbocycles. The minimum absolute atomic E-state index is 0.00103. The molecule has 4 aromatic rings. The molecule has 0 unspecified atom stereocenters. The number of methoxy groups -OCH3 is 2. The van der Waals surface area contributed by atoms with E-state index in [0.717, 1.165) is 64.7 Å². The molecule has 4 saturated carbocycles. The maximum atomic E-state index is 15.0. The summed E-state index contributed by atoms with van der Waals surface area (Å²) in [5, 5.41) is 1.25. The van der Waals surface area contributed by atoms with Crippen molar-refractivity contribution in [3.63, 3.8) is 0 Å². The summed E-state index contributed by atoms with van der Waals surface area (Å²) in [6, 6.07) is 8.69. The van der Waals surface area contributed by atoms with Crippen molar-refractivity contribution in [1.82, 2.24) is 39.2 Å². The molecule has 14 atom stereocenters.